The molecule has 0 saturated heterocycles. The number of rotatable bonds is 4. The molecule has 6 heteroatoms. The standard InChI is InChI=1S/C18H16ClNO4/c1-2-23-14-6-4-13(5-7-14)20-17(21)16-10-11-9-12(19)3-8-15(11)18(22)24-16/h3-9,16H,2,10H2,1H3,(H,20,21). The van der Waals surface area contributed by atoms with Gasteiger partial charge in [0.1, 0.15) is 5.75 Å². The number of hydrogen-bond donors (Lipinski definition) is 1. The Morgan fingerprint density at radius 2 is 2.04 bits per heavy atom. The Morgan fingerprint density at radius 3 is 2.75 bits per heavy atom. The number of anilines is 1. The summed E-state index contributed by atoms with van der Waals surface area (Å²) in [7, 11) is 0. The molecule has 24 heavy (non-hydrogen) atoms. The largest absolute Gasteiger partial charge is 0.494 e. The van der Waals surface area contributed by atoms with Crippen LogP contribution in [0, 0.1) is 0 Å². The molecule has 124 valence electrons. The molecule has 1 amide bonds. The highest BCUT2D eigenvalue weighted by atomic mass is 35.5. The number of carbonyl (C=O) groups is 2. The average Bonchev–Trinajstić information content (AvgIpc) is 2.56. The van der Waals surface area contributed by atoms with Crippen molar-refractivity contribution in [2.75, 3.05) is 11.9 Å². The zero-order valence-electron chi connectivity index (χ0n) is 13.0. The van der Waals surface area contributed by atoms with Crippen molar-refractivity contribution in [3.63, 3.8) is 0 Å². The van der Waals surface area contributed by atoms with Crippen LogP contribution in [0.15, 0.2) is 42.5 Å². The van der Waals surface area contributed by atoms with E-state index in [1.54, 1.807) is 42.5 Å². The smallest absolute Gasteiger partial charge is 0.339 e. The molecule has 1 atom stereocenters. The Balaban J connectivity index is 1.70. The van der Waals surface area contributed by atoms with E-state index in [0.717, 1.165) is 5.75 Å². The summed E-state index contributed by atoms with van der Waals surface area (Å²) in [5, 5.41) is 3.26. The predicted octanol–water partition coefficient (Wildman–Crippen LogP) is 3.46. The lowest BCUT2D eigenvalue weighted by Gasteiger charge is -2.24. The number of hydrogen-bond acceptors (Lipinski definition) is 4. The van der Waals surface area contributed by atoms with Crippen molar-refractivity contribution in [1.29, 1.82) is 0 Å². The van der Waals surface area contributed by atoms with Gasteiger partial charge in [0.05, 0.1) is 12.2 Å². The number of halogens is 1. The SMILES string of the molecule is CCOc1ccc(NC(=O)C2Cc3cc(Cl)ccc3C(=O)O2)cc1. The van der Waals surface area contributed by atoms with Gasteiger partial charge in [0, 0.05) is 17.1 Å². The summed E-state index contributed by atoms with van der Waals surface area (Å²) < 4.78 is 10.6. The maximum Gasteiger partial charge on any atom is 0.339 e. The van der Waals surface area contributed by atoms with Gasteiger partial charge in [-0.05, 0) is 55.0 Å². The van der Waals surface area contributed by atoms with E-state index in [1.807, 2.05) is 6.92 Å². The number of benzene rings is 2. The van der Waals surface area contributed by atoms with Crippen molar-refractivity contribution in [1.82, 2.24) is 0 Å². The van der Waals surface area contributed by atoms with Crippen molar-refractivity contribution >= 4 is 29.2 Å². The zero-order chi connectivity index (χ0) is 17.1. The molecule has 0 spiro atoms. The second kappa shape index (κ2) is 6.93. The van der Waals surface area contributed by atoms with Crippen LogP contribution in [0.4, 0.5) is 5.69 Å². The Kier molecular flexibility index (Phi) is 4.71. The molecule has 1 N–H and O–H groups in total. The van der Waals surface area contributed by atoms with Gasteiger partial charge in [0.15, 0.2) is 6.10 Å². The highest BCUT2D eigenvalue weighted by Gasteiger charge is 2.31. The first-order chi connectivity index (χ1) is 11.6. The molecule has 0 fully saturated rings. The first-order valence-corrected chi connectivity index (χ1v) is 7.97. The topological polar surface area (TPSA) is 64.6 Å². The second-order valence-electron chi connectivity index (χ2n) is 5.35. The number of cyclic esters (lactones) is 1. The molecule has 0 aromatic heterocycles. The van der Waals surface area contributed by atoms with Gasteiger partial charge in [-0.3, -0.25) is 4.79 Å². The summed E-state index contributed by atoms with van der Waals surface area (Å²) in [5.41, 5.74) is 1.77. The van der Waals surface area contributed by atoms with E-state index in [-0.39, 0.29) is 5.91 Å². The van der Waals surface area contributed by atoms with Crippen LogP contribution in [0.1, 0.15) is 22.8 Å². The van der Waals surface area contributed by atoms with Crippen molar-refractivity contribution in [2.45, 2.75) is 19.4 Å². The fourth-order valence-electron chi connectivity index (χ4n) is 2.53. The van der Waals surface area contributed by atoms with Gasteiger partial charge in [-0.1, -0.05) is 11.6 Å². The van der Waals surface area contributed by atoms with Crippen LogP contribution in [0.2, 0.25) is 5.02 Å². The summed E-state index contributed by atoms with van der Waals surface area (Å²) in [6.07, 6.45) is -0.583. The lowest BCUT2D eigenvalue weighted by molar-refractivity contribution is -0.125. The maximum absolute atomic E-state index is 12.4. The Morgan fingerprint density at radius 1 is 1.29 bits per heavy atom. The van der Waals surface area contributed by atoms with E-state index < -0.39 is 12.1 Å². The molecule has 0 saturated carbocycles. The monoisotopic (exact) mass is 345 g/mol. The normalized spacial score (nSPS) is 16.1. The quantitative estimate of drug-likeness (QED) is 0.862. The summed E-state index contributed by atoms with van der Waals surface area (Å²) in [4.78, 5) is 24.4. The molecule has 3 rings (SSSR count). The number of fused-ring (bicyclic) bond motifs is 1. The molecular weight excluding hydrogens is 330 g/mol. The Labute approximate surface area is 144 Å². The summed E-state index contributed by atoms with van der Waals surface area (Å²) in [6, 6.07) is 11.9. The summed E-state index contributed by atoms with van der Waals surface area (Å²) in [6.45, 7) is 2.48. The molecule has 0 aliphatic carbocycles. The minimum Gasteiger partial charge on any atom is -0.494 e. The number of nitrogens with one attached hydrogen (secondary N) is 1. The van der Waals surface area contributed by atoms with E-state index in [2.05, 4.69) is 5.32 Å². The van der Waals surface area contributed by atoms with Crippen molar-refractivity contribution < 1.29 is 19.1 Å². The van der Waals surface area contributed by atoms with Crippen molar-refractivity contribution in [2.24, 2.45) is 0 Å². The van der Waals surface area contributed by atoms with Crippen LogP contribution in [-0.4, -0.2) is 24.6 Å². The van der Waals surface area contributed by atoms with Crippen LogP contribution < -0.4 is 10.1 Å². The molecule has 2 aromatic carbocycles. The molecule has 2 aromatic rings. The number of ether oxygens (including phenoxy) is 2. The van der Waals surface area contributed by atoms with Gasteiger partial charge in [0.25, 0.3) is 5.91 Å². The van der Waals surface area contributed by atoms with Gasteiger partial charge >= 0.3 is 5.97 Å². The third-order valence-electron chi connectivity index (χ3n) is 3.67. The number of amides is 1. The van der Waals surface area contributed by atoms with E-state index in [1.165, 1.54) is 0 Å². The summed E-state index contributed by atoms with van der Waals surface area (Å²) in [5.74, 6) is -0.166. The molecule has 1 aliphatic rings. The van der Waals surface area contributed by atoms with E-state index >= 15 is 0 Å². The van der Waals surface area contributed by atoms with Crippen LogP contribution in [0.25, 0.3) is 0 Å². The number of carbonyl (C=O) groups excluding carboxylic acids is 2. The van der Waals surface area contributed by atoms with E-state index in [4.69, 9.17) is 21.1 Å². The fraction of sp³-hybridized carbons (Fsp3) is 0.222. The van der Waals surface area contributed by atoms with Crippen molar-refractivity contribution in [3.05, 3.63) is 58.6 Å². The minimum atomic E-state index is -0.880. The van der Waals surface area contributed by atoms with Crippen LogP contribution >= 0.6 is 11.6 Å². The van der Waals surface area contributed by atoms with Gasteiger partial charge in [0.2, 0.25) is 0 Å². The molecule has 0 radical (unpaired) electrons. The lowest BCUT2D eigenvalue weighted by Crippen LogP contribution is -2.38. The highest BCUT2D eigenvalue weighted by Crippen LogP contribution is 2.25. The van der Waals surface area contributed by atoms with Gasteiger partial charge < -0.3 is 14.8 Å². The predicted molar refractivity (Wildman–Crippen MR) is 90.6 cm³/mol. The van der Waals surface area contributed by atoms with Crippen molar-refractivity contribution in [3.8, 4) is 5.75 Å². The molecule has 1 unspecified atom stereocenters. The fourth-order valence-corrected chi connectivity index (χ4v) is 2.73. The van der Waals surface area contributed by atoms with Crippen LogP contribution in [0.5, 0.6) is 5.75 Å². The molecule has 1 heterocycles. The molecule has 1 aliphatic heterocycles. The van der Waals surface area contributed by atoms with E-state index in [0.29, 0.717) is 34.9 Å². The Bertz CT molecular complexity index is 773. The molecule has 5 nitrogen and oxygen atoms in total. The Hall–Kier alpha value is -2.53. The second-order valence-corrected chi connectivity index (χ2v) is 5.78. The molecule has 0 bridgehead atoms. The first-order valence-electron chi connectivity index (χ1n) is 7.60. The van der Waals surface area contributed by atoms with Crippen LogP contribution in [-0.2, 0) is 16.0 Å². The minimum absolute atomic E-state index is 0.296. The van der Waals surface area contributed by atoms with Gasteiger partial charge in [-0.25, -0.2) is 4.79 Å². The average molecular weight is 346 g/mol. The van der Waals surface area contributed by atoms with Crippen LogP contribution in [0.3, 0.4) is 0 Å². The van der Waals surface area contributed by atoms with Gasteiger partial charge in [-0.2, -0.15) is 0 Å². The van der Waals surface area contributed by atoms with Gasteiger partial charge in [-0.15, -0.1) is 0 Å². The number of esters is 1. The first kappa shape index (κ1) is 16.3. The molecular formula is C18H16ClNO4. The third-order valence-corrected chi connectivity index (χ3v) is 3.90. The van der Waals surface area contributed by atoms with E-state index in [9.17, 15) is 9.59 Å². The highest BCUT2D eigenvalue weighted by molar-refractivity contribution is 6.30. The summed E-state index contributed by atoms with van der Waals surface area (Å²) >= 11 is 5.96. The third kappa shape index (κ3) is 3.51. The maximum atomic E-state index is 12.4. The zero-order valence-corrected chi connectivity index (χ0v) is 13.8. The lowest BCUT2D eigenvalue weighted by atomic mass is 9.98.